The van der Waals surface area contributed by atoms with Crippen molar-refractivity contribution in [3.8, 4) is 0 Å². The summed E-state index contributed by atoms with van der Waals surface area (Å²) in [4.78, 5) is 24.2. The number of carbonyl (C=O) groups is 2. The zero-order valence-corrected chi connectivity index (χ0v) is 12.7. The lowest BCUT2D eigenvalue weighted by molar-refractivity contribution is -0.154. The highest BCUT2D eigenvalue weighted by molar-refractivity contribution is 5.89. The third-order valence-electron chi connectivity index (χ3n) is 5.36. The first-order valence-corrected chi connectivity index (χ1v) is 7.91. The second-order valence-electron chi connectivity index (χ2n) is 6.76. The lowest BCUT2D eigenvalue weighted by Gasteiger charge is -2.41. The molecule has 2 aliphatic rings. The molecule has 0 spiro atoms. The number of ketones is 1. The molecule has 2 unspecified atom stereocenters. The zero-order chi connectivity index (χ0) is 16.1. The monoisotopic (exact) mass is 310 g/mol. The van der Waals surface area contributed by atoms with Crippen molar-refractivity contribution >= 4 is 22.5 Å². The first-order valence-electron chi connectivity index (χ1n) is 7.91. The number of fused-ring (bicyclic) bond motifs is 2. The quantitative estimate of drug-likeness (QED) is 0.865. The number of carbonyl (C=O) groups excluding carboxylic acids is 2. The molecule has 0 bridgehead atoms. The Morgan fingerprint density at radius 3 is 2.70 bits per heavy atom. The minimum Gasteiger partial charge on any atom is -0.462 e. The van der Waals surface area contributed by atoms with Crippen molar-refractivity contribution in [3.05, 3.63) is 48.0 Å². The van der Waals surface area contributed by atoms with E-state index in [0.717, 1.165) is 16.3 Å². The average Bonchev–Trinajstić information content (AvgIpc) is 2.79. The Balaban J connectivity index is 1.75. The third-order valence-corrected chi connectivity index (χ3v) is 5.36. The van der Waals surface area contributed by atoms with Crippen LogP contribution in [0.15, 0.2) is 42.5 Å². The summed E-state index contributed by atoms with van der Waals surface area (Å²) in [7, 11) is 0. The van der Waals surface area contributed by atoms with Crippen molar-refractivity contribution in [1.82, 2.24) is 0 Å². The van der Waals surface area contributed by atoms with E-state index in [9.17, 15) is 14.7 Å². The standard InChI is InChI=1S/C19H18O4/c20-16-7-8-18(17(21)23-12-19(18,22)11-16)10-13-5-6-14-3-1-2-4-15(14)9-13/h1-6,9,22H,7-8,10-12H2. The van der Waals surface area contributed by atoms with E-state index in [1.54, 1.807) is 0 Å². The molecule has 1 saturated carbocycles. The van der Waals surface area contributed by atoms with Gasteiger partial charge in [0.05, 0.1) is 0 Å². The Labute approximate surface area is 134 Å². The van der Waals surface area contributed by atoms with Gasteiger partial charge in [0.1, 0.15) is 23.4 Å². The molecule has 0 amide bonds. The number of benzene rings is 2. The van der Waals surface area contributed by atoms with E-state index in [-0.39, 0.29) is 24.8 Å². The van der Waals surface area contributed by atoms with Crippen LogP contribution >= 0.6 is 0 Å². The van der Waals surface area contributed by atoms with Crippen LogP contribution in [0.2, 0.25) is 0 Å². The fourth-order valence-electron chi connectivity index (χ4n) is 4.00. The molecule has 0 aromatic heterocycles. The Hall–Kier alpha value is -2.20. The SMILES string of the molecule is O=C1CCC2(Cc3ccc4ccccc4c3)C(=O)OCC2(O)C1. The molecule has 2 aromatic carbocycles. The maximum absolute atomic E-state index is 12.4. The van der Waals surface area contributed by atoms with Gasteiger partial charge in [-0.2, -0.15) is 0 Å². The molecule has 4 nitrogen and oxygen atoms in total. The smallest absolute Gasteiger partial charge is 0.315 e. The van der Waals surface area contributed by atoms with E-state index in [4.69, 9.17) is 4.74 Å². The van der Waals surface area contributed by atoms with Crippen LogP contribution in [-0.4, -0.2) is 29.1 Å². The van der Waals surface area contributed by atoms with E-state index < -0.39 is 11.0 Å². The van der Waals surface area contributed by atoms with Crippen LogP contribution in [0.25, 0.3) is 10.8 Å². The molecule has 0 radical (unpaired) electrons. The van der Waals surface area contributed by atoms with Crippen LogP contribution < -0.4 is 0 Å². The Morgan fingerprint density at radius 2 is 1.87 bits per heavy atom. The molecule has 2 atom stereocenters. The van der Waals surface area contributed by atoms with Crippen LogP contribution in [0.1, 0.15) is 24.8 Å². The number of hydrogen-bond donors (Lipinski definition) is 1. The summed E-state index contributed by atoms with van der Waals surface area (Å²) < 4.78 is 5.17. The van der Waals surface area contributed by atoms with Gasteiger partial charge in [-0.3, -0.25) is 9.59 Å². The number of rotatable bonds is 2. The average molecular weight is 310 g/mol. The van der Waals surface area contributed by atoms with Crippen LogP contribution in [0, 0.1) is 5.41 Å². The molecule has 23 heavy (non-hydrogen) atoms. The first kappa shape index (κ1) is 14.4. The van der Waals surface area contributed by atoms with Gasteiger partial charge in [0, 0.05) is 12.8 Å². The zero-order valence-electron chi connectivity index (χ0n) is 12.7. The van der Waals surface area contributed by atoms with Crippen molar-refractivity contribution < 1.29 is 19.4 Å². The predicted octanol–water partition coefficient (Wildman–Crippen LogP) is 2.41. The Bertz CT molecular complexity index is 812. The van der Waals surface area contributed by atoms with Crippen molar-refractivity contribution in [2.24, 2.45) is 5.41 Å². The largest absolute Gasteiger partial charge is 0.462 e. The fourth-order valence-corrected chi connectivity index (χ4v) is 4.00. The molecular formula is C19H18O4. The summed E-state index contributed by atoms with van der Waals surface area (Å²) in [5, 5.41) is 13.1. The lowest BCUT2D eigenvalue weighted by atomic mass is 9.61. The lowest BCUT2D eigenvalue weighted by Crippen LogP contribution is -2.54. The summed E-state index contributed by atoms with van der Waals surface area (Å²) in [5.41, 5.74) is -1.38. The van der Waals surface area contributed by atoms with E-state index >= 15 is 0 Å². The van der Waals surface area contributed by atoms with Gasteiger partial charge in [-0.1, -0.05) is 42.5 Å². The van der Waals surface area contributed by atoms with E-state index in [1.807, 2.05) is 42.5 Å². The summed E-state index contributed by atoms with van der Waals surface area (Å²) in [5.74, 6) is -0.374. The van der Waals surface area contributed by atoms with Crippen molar-refractivity contribution in [3.63, 3.8) is 0 Å². The number of Topliss-reactive ketones (excluding diaryl/α,β-unsaturated/α-hetero) is 1. The molecule has 1 aliphatic heterocycles. The normalized spacial score (nSPS) is 30.3. The topological polar surface area (TPSA) is 63.6 Å². The molecule has 118 valence electrons. The van der Waals surface area contributed by atoms with Gasteiger partial charge in [0.2, 0.25) is 0 Å². The number of ether oxygens (including phenoxy) is 1. The van der Waals surface area contributed by atoms with Gasteiger partial charge in [-0.15, -0.1) is 0 Å². The van der Waals surface area contributed by atoms with E-state index in [1.165, 1.54) is 0 Å². The molecule has 4 heteroatoms. The molecular weight excluding hydrogens is 292 g/mol. The Morgan fingerprint density at radius 1 is 1.09 bits per heavy atom. The molecule has 1 N–H and O–H groups in total. The maximum atomic E-state index is 12.4. The fraction of sp³-hybridized carbons (Fsp3) is 0.368. The number of esters is 1. The molecule has 4 rings (SSSR count). The minimum absolute atomic E-state index is 0.0000588. The van der Waals surface area contributed by atoms with Gasteiger partial charge in [-0.05, 0) is 29.2 Å². The summed E-state index contributed by atoms with van der Waals surface area (Å²) in [6, 6.07) is 14.1. The second-order valence-corrected chi connectivity index (χ2v) is 6.76. The van der Waals surface area contributed by atoms with Crippen LogP contribution in [0.3, 0.4) is 0 Å². The highest BCUT2D eigenvalue weighted by atomic mass is 16.6. The van der Waals surface area contributed by atoms with Crippen LogP contribution in [-0.2, 0) is 20.7 Å². The second kappa shape index (κ2) is 4.90. The molecule has 2 aromatic rings. The summed E-state index contributed by atoms with van der Waals surface area (Å²) in [6.07, 6.45) is 1.09. The molecule has 1 heterocycles. The number of aliphatic hydroxyl groups is 1. The first-order chi connectivity index (χ1) is 11.0. The van der Waals surface area contributed by atoms with Gasteiger partial charge in [-0.25, -0.2) is 0 Å². The van der Waals surface area contributed by atoms with Crippen molar-refractivity contribution in [2.75, 3.05) is 6.61 Å². The number of cyclic esters (lactones) is 1. The molecule has 1 saturated heterocycles. The van der Waals surface area contributed by atoms with Crippen molar-refractivity contribution in [2.45, 2.75) is 31.3 Å². The van der Waals surface area contributed by atoms with E-state index in [2.05, 4.69) is 0 Å². The predicted molar refractivity (Wildman–Crippen MR) is 84.9 cm³/mol. The highest BCUT2D eigenvalue weighted by Gasteiger charge is 2.64. The minimum atomic E-state index is -1.37. The molecule has 1 aliphatic carbocycles. The number of hydrogen-bond acceptors (Lipinski definition) is 4. The van der Waals surface area contributed by atoms with Gasteiger partial charge in [0.15, 0.2) is 0 Å². The van der Waals surface area contributed by atoms with Gasteiger partial charge >= 0.3 is 5.97 Å². The van der Waals surface area contributed by atoms with E-state index in [0.29, 0.717) is 19.3 Å². The third kappa shape index (κ3) is 2.09. The highest BCUT2D eigenvalue weighted by Crippen LogP contribution is 2.50. The van der Waals surface area contributed by atoms with Gasteiger partial charge in [0.25, 0.3) is 0 Å². The maximum Gasteiger partial charge on any atom is 0.315 e. The Kier molecular flexibility index (Phi) is 3.07. The van der Waals surface area contributed by atoms with Crippen LogP contribution in [0.5, 0.6) is 0 Å². The summed E-state index contributed by atoms with van der Waals surface area (Å²) >= 11 is 0. The van der Waals surface area contributed by atoms with Crippen LogP contribution in [0.4, 0.5) is 0 Å². The summed E-state index contributed by atoms with van der Waals surface area (Å²) in [6.45, 7) is -0.0782. The molecule has 2 fully saturated rings. The van der Waals surface area contributed by atoms with Crippen molar-refractivity contribution in [1.29, 1.82) is 0 Å². The van der Waals surface area contributed by atoms with Gasteiger partial charge < -0.3 is 9.84 Å².